The van der Waals surface area contributed by atoms with Crippen LogP contribution in [0.5, 0.6) is 0 Å². The first-order valence-electron chi connectivity index (χ1n) is 4.29. The molecule has 1 rings (SSSR count). The summed E-state index contributed by atoms with van der Waals surface area (Å²) < 4.78 is 1.15. The molecule has 0 fully saturated rings. The van der Waals surface area contributed by atoms with Crippen LogP contribution in [0.15, 0.2) is 22.7 Å². The van der Waals surface area contributed by atoms with Gasteiger partial charge >= 0.3 is 0 Å². The maximum atomic E-state index is 5.42. The number of benzene rings is 1. The van der Waals surface area contributed by atoms with E-state index in [0.29, 0.717) is 6.54 Å². The highest BCUT2D eigenvalue weighted by atomic mass is 79.9. The SMILES string of the molecule is Cc1ccc(Br)c(C)c1/C=C/CN. The summed E-state index contributed by atoms with van der Waals surface area (Å²) >= 11 is 3.51. The highest BCUT2D eigenvalue weighted by Gasteiger charge is 2.01. The van der Waals surface area contributed by atoms with Gasteiger partial charge in [-0.1, -0.05) is 34.1 Å². The average molecular weight is 240 g/mol. The predicted octanol–water partition coefficient (Wildman–Crippen LogP) is 3.04. The quantitative estimate of drug-likeness (QED) is 0.844. The molecule has 0 bridgehead atoms. The van der Waals surface area contributed by atoms with Gasteiger partial charge in [-0.05, 0) is 36.6 Å². The molecule has 2 heteroatoms. The van der Waals surface area contributed by atoms with Gasteiger partial charge in [0.15, 0.2) is 0 Å². The number of aryl methyl sites for hydroxylation is 1. The third-order valence-electron chi connectivity index (χ3n) is 2.09. The van der Waals surface area contributed by atoms with Crippen molar-refractivity contribution in [3.8, 4) is 0 Å². The zero-order chi connectivity index (χ0) is 9.84. The van der Waals surface area contributed by atoms with E-state index in [9.17, 15) is 0 Å². The van der Waals surface area contributed by atoms with Crippen molar-refractivity contribution in [1.82, 2.24) is 0 Å². The molecule has 70 valence electrons. The molecule has 1 aromatic rings. The topological polar surface area (TPSA) is 26.0 Å². The summed E-state index contributed by atoms with van der Waals surface area (Å²) in [4.78, 5) is 0. The van der Waals surface area contributed by atoms with E-state index in [1.807, 2.05) is 6.08 Å². The molecule has 0 saturated heterocycles. The Balaban J connectivity index is 3.17. The van der Waals surface area contributed by atoms with Gasteiger partial charge in [-0.3, -0.25) is 0 Å². The van der Waals surface area contributed by atoms with Crippen LogP contribution in [-0.2, 0) is 0 Å². The lowest BCUT2D eigenvalue weighted by Gasteiger charge is -2.06. The molecule has 0 aliphatic rings. The summed E-state index contributed by atoms with van der Waals surface area (Å²) in [7, 11) is 0. The largest absolute Gasteiger partial charge is 0.327 e. The molecule has 0 heterocycles. The van der Waals surface area contributed by atoms with Crippen molar-refractivity contribution in [1.29, 1.82) is 0 Å². The summed E-state index contributed by atoms with van der Waals surface area (Å²) in [5, 5.41) is 0. The molecular weight excluding hydrogens is 226 g/mol. The van der Waals surface area contributed by atoms with E-state index in [4.69, 9.17) is 5.73 Å². The monoisotopic (exact) mass is 239 g/mol. The van der Waals surface area contributed by atoms with Crippen molar-refractivity contribution >= 4 is 22.0 Å². The molecule has 0 saturated carbocycles. The summed E-state index contributed by atoms with van der Waals surface area (Å²) in [5.41, 5.74) is 9.23. The first-order valence-corrected chi connectivity index (χ1v) is 5.08. The van der Waals surface area contributed by atoms with Gasteiger partial charge in [0.25, 0.3) is 0 Å². The summed E-state index contributed by atoms with van der Waals surface area (Å²) in [6.45, 7) is 4.80. The fourth-order valence-corrected chi connectivity index (χ4v) is 1.63. The third kappa shape index (κ3) is 2.42. The minimum Gasteiger partial charge on any atom is -0.327 e. The fourth-order valence-electron chi connectivity index (χ4n) is 1.28. The molecule has 2 N–H and O–H groups in total. The Morgan fingerprint density at radius 3 is 2.69 bits per heavy atom. The van der Waals surface area contributed by atoms with Crippen LogP contribution < -0.4 is 5.73 Å². The van der Waals surface area contributed by atoms with Crippen LogP contribution in [0.2, 0.25) is 0 Å². The number of nitrogens with two attached hydrogens (primary N) is 1. The van der Waals surface area contributed by atoms with Gasteiger partial charge in [0.1, 0.15) is 0 Å². The van der Waals surface area contributed by atoms with Gasteiger partial charge < -0.3 is 5.73 Å². The molecule has 1 aromatic carbocycles. The first kappa shape index (κ1) is 10.5. The number of halogens is 1. The Morgan fingerprint density at radius 2 is 2.08 bits per heavy atom. The standard InChI is InChI=1S/C11H14BrN/c1-8-5-6-11(12)9(2)10(8)4-3-7-13/h3-6H,7,13H2,1-2H3/b4-3+. The van der Waals surface area contributed by atoms with E-state index in [2.05, 4.69) is 48.0 Å². The maximum absolute atomic E-state index is 5.42. The van der Waals surface area contributed by atoms with E-state index >= 15 is 0 Å². The summed E-state index contributed by atoms with van der Waals surface area (Å²) in [6.07, 6.45) is 4.05. The normalized spacial score (nSPS) is 11.1. The lowest BCUT2D eigenvalue weighted by atomic mass is 10.0. The van der Waals surface area contributed by atoms with Crippen molar-refractivity contribution < 1.29 is 0 Å². The number of hydrogen-bond acceptors (Lipinski definition) is 1. The van der Waals surface area contributed by atoms with Gasteiger partial charge in [0.2, 0.25) is 0 Å². The van der Waals surface area contributed by atoms with Crippen molar-refractivity contribution in [3.05, 3.63) is 39.4 Å². The lowest BCUT2D eigenvalue weighted by molar-refractivity contribution is 1.26. The van der Waals surface area contributed by atoms with Crippen LogP contribution in [-0.4, -0.2) is 6.54 Å². The fraction of sp³-hybridized carbons (Fsp3) is 0.273. The second-order valence-electron chi connectivity index (χ2n) is 3.04. The summed E-state index contributed by atoms with van der Waals surface area (Å²) in [6, 6.07) is 4.18. The number of hydrogen-bond donors (Lipinski definition) is 1. The van der Waals surface area contributed by atoms with Crippen LogP contribution in [0.4, 0.5) is 0 Å². The Morgan fingerprint density at radius 1 is 1.38 bits per heavy atom. The lowest BCUT2D eigenvalue weighted by Crippen LogP contribution is -1.93. The minimum absolute atomic E-state index is 0.589. The predicted molar refractivity (Wildman–Crippen MR) is 61.7 cm³/mol. The molecule has 0 atom stereocenters. The Hall–Kier alpha value is -0.600. The van der Waals surface area contributed by atoms with Gasteiger partial charge in [-0.2, -0.15) is 0 Å². The highest BCUT2D eigenvalue weighted by molar-refractivity contribution is 9.10. The van der Waals surface area contributed by atoms with E-state index < -0.39 is 0 Å². The maximum Gasteiger partial charge on any atom is 0.0210 e. The van der Waals surface area contributed by atoms with Gasteiger partial charge in [-0.25, -0.2) is 0 Å². The van der Waals surface area contributed by atoms with Gasteiger partial charge in [0.05, 0.1) is 0 Å². The van der Waals surface area contributed by atoms with Crippen molar-refractivity contribution in [3.63, 3.8) is 0 Å². The van der Waals surface area contributed by atoms with Crippen molar-refractivity contribution in [2.24, 2.45) is 5.73 Å². The molecule has 0 aromatic heterocycles. The molecule has 0 aliphatic heterocycles. The molecule has 0 unspecified atom stereocenters. The highest BCUT2D eigenvalue weighted by Crippen LogP contribution is 2.23. The smallest absolute Gasteiger partial charge is 0.0210 e. The van der Waals surface area contributed by atoms with Crippen LogP contribution in [0, 0.1) is 13.8 Å². The zero-order valence-corrected chi connectivity index (χ0v) is 9.56. The molecular formula is C11H14BrN. The third-order valence-corrected chi connectivity index (χ3v) is 2.95. The van der Waals surface area contributed by atoms with Crippen molar-refractivity contribution in [2.45, 2.75) is 13.8 Å². The van der Waals surface area contributed by atoms with Crippen LogP contribution in [0.3, 0.4) is 0 Å². The molecule has 13 heavy (non-hydrogen) atoms. The Bertz CT molecular complexity index is 329. The van der Waals surface area contributed by atoms with Crippen molar-refractivity contribution in [2.75, 3.05) is 6.54 Å². The zero-order valence-electron chi connectivity index (χ0n) is 7.97. The Kier molecular flexibility index (Phi) is 3.70. The molecule has 0 aliphatic carbocycles. The molecule has 0 radical (unpaired) electrons. The second kappa shape index (κ2) is 4.58. The van der Waals surface area contributed by atoms with Gasteiger partial charge in [0, 0.05) is 11.0 Å². The first-order chi connectivity index (χ1) is 6.16. The van der Waals surface area contributed by atoms with E-state index in [0.717, 1.165) is 4.47 Å². The van der Waals surface area contributed by atoms with E-state index in [-0.39, 0.29) is 0 Å². The van der Waals surface area contributed by atoms with Crippen LogP contribution in [0.25, 0.3) is 6.08 Å². The summed E-state index contributed by atoms with van der Waals surface area (Å²) in [5.74, 6) is 0. The minimum atomic E-state index is 0.589. The van der Waals surface area contributed by atoms with E-state index in [1.54, 1.807) is 0 Å². The average Bonchev–Trinajstić information content (AvgIpc) is 2.12. The van der Waals surface area contributed by atoms with Crippen LogP contribution >= 0.6 is 15.9 Å². The molecule has 0 spiro atoms. The van der Waals surface area contributed by atoms with Gasteiger partial charge in [-0.15, -0.1) is 0 Å². The van der Waals surface area contributed by atoms with Crippen LogP contribution in [0.1, 0.15) is 16.7 Å². The molecule has 1 nitrogen and oxygen atoms in total. The Labute approximate surface area is 87.8 Å². The molecule has 0 amide bonds. The number of rotatable bonds is 2. The second-order valence-corrected chi connectivity index (χ2v) is 3.90. The van der Waals surface area contributed by atoms with E-state index in [1.165, 1.54) is 16.7 Å².